The number of hydrogen-bond donors (Lipinski definition) is 6. The van der Waals surface area contributed by atoms with Crippen LogP contribution in [0.1, 0.15) is 181 Å². The Hall–Kier alpha value is -7.45. The number of likely N-dealkylation sites (tertiary alicyclic amines) is 2. The van der Waals surface area contributed by atoms with E-state index < -0.39 is 77.8 Å². The zero-order valence-electron chi connectivity index (χ0n) is 52.4. The van der Waals surface area contributed by atoms with Gasteiger partial charge in [-0.2, -0.15) is 0 Å². The number of aromatic nitrogens is 3. The van der Waals surface area contributed by atoms with Crippen molar-refractivity contribution >= 4 is 64.3 Å². The second-order valence-corrected chi connectivity index (χ2v) is 24.9. The lowest BCUT2D eigenvalue weighted by molar-refractivity contribution is -0.148. The Kier molecular flexibility index (Phi) is 26.7. The van der Waals surface area contributed by atoms with Gasteiger partial charge in [-0.1, -0.05) is 20.8 Å². The number of anilines is 2. The number of nitrogens with zero attached hydrogens (tertiary/aromatic N) is 5. The van der Waals surface area contributed by atoms with Crippen molar-refractivity contribution < 1.29 is 75.3 Å². The number of primary amides is 3. The molecule has 6 atom stereocenters. The van der Waals surface area contributed by atoms with Crippen molar-refractivity contribution in [2.75, 3.05) is 37.4 Å². The lowest BCUT2D eigenvalue weighted by atomic mass is 9.77. The summed E-state index contributed by atoms with van der Waals surface area (Å²) in [5, 5.41) is 8.45. The van der Waals surface area contributed by atoms with Crippen LogP contribution in [0.4, 0.5) is 42.1 Å². The normalized spacial score (nSPS) is 24.1. The number of halogens is 7. The quantitative estimate of drug-likeness (QED) is 0.0773. The minimum Gasteiger partial charge on any atom is -0.366 e. The molecule has 0 bridgehead atoms. The van der Waals surface area contributed by atoms with Crippen molar-refractivity contribution in [2.45, 2.75) is 186 Å². The number of carbonyl (C=O) groups is 9. The van der Waals surface area contributed by atoms with Gasteiger partial charge in [0.25, 0.3) is 0 Å². The summed E-state index contributed by atoms with van der Waals surface area (Å²) in [7, 11) is -1.00. The second kappa shape index (κ2) is 33.6. The Morgan fingerprint density at radius 3 is 1.24 bits per heavy atom. The van der Waals surface area contributed by atoms with Gasteiger partial charge in [0, 0.05) is 108 Å². The highest BCUT2D eigenvalue weighted by molar-refractivity contribution is 6.40. The molecule has 6 heterocycles. The highest BCUT2D eigenvalue weighted by Gasteiger charge is 2.45. The molecule has 6 aliphatic rings. The number of Topliss-reactive ketones (excluding diaryl/α,β-unsaturated/α-hetero) is 2. The lowest BCUT2D eigenvalue weighted by Gasteiger charge is -2.44. The van der Waals surface area contributed by atoms with Crippen molar-refractivity contribution in [3.63, 3.8) is 0 Å². The topological polar surface area (TPSA) is 313 Å². The maximum absolute atomic E-state index is 13.5. The van der Waals surface area contributed by atoms with Crippen LogP contribution < -0.4 is 33.2 Å². The van der Waals surface area contributed by atoms with Gasteiger partial charge >= 0.3 is 23.6 Å². The molecular weight excluding hydrogens is 1190 g/mol. The summed E-state index contributed by atoms with van der Waals surface area (Å²) in [5.74, 6) is -12.1. The van der Waals surface area contributed by atoms with E-state index in [1.807, 2.05) is 13.8 Å². The number of pyridine rings is 3. The molecule has 3 aromatic rings. The molecule has 27 heteroatoms. The van der Waals surface area contributed by atoms with Gasteiger partial charge in [0.1, 0.15) is 0 Å². The summed E-state index contributed by atoms with van der Waals surface area (Å²) >= 11 is 0. The zero-order valence-corrected chi connectivity index (χ0v) is 51.4. The number of nitrogens with two attached hydrogens (primary N) is 3. The van der Waals surface area contributed by atoms with E-state index in [1.54, 1.807) is 9.80 Å². The van der Waals surface area contributed by atoms with Crippen molar-refractivity contribution in [3.05, 3.63) is 77.6 Å². The van der Waals surface area contributed by atoms with Crippen LogP contribution in [-0.2, 0) is 35.2 Å². The molecule has 7 amide bonds. The molecule has 0 aromatic carbocycles. The number of carbonyl (C=O) groups excluding carboxylic acids is 9. The number of nitrogens with one attached hydrogen (secondary N) is 3. The molecule has 3 saturated heterocycles. The van der Waals surface area contributed by atoms with E-state index in [-0.39, 0.29) is 109 Å². The van der Waals surface area contributed by atoms with Crippen LogP contribution in [-0.4, -0.2) is 140 Å². The Morgan fingerprint density at radius 2 is 0.889 bits per heavy atom. The predicted molar refractivity (Wildman–Crippen MR) is 321 cm³/mol. The Morgan fingerprint density at radius 1 is 0.533 bits per heavy atom. The van der Waals surface area contributed by atoms with Gasteiger partial charge in [0.05, 0.1) is 49.0 Å². The van der Waals surface area contributed by atoms with Crippen LogP contribution in [0.25, 0.3) is 0 Å². The van der Waals surface area contributed by atoms with E-state index in [0.717, 1.165) is 25.3 Å². The lowest BCUT2D eigenvalue weighted by Crippen LogP contribution is -2.53. The van der Waals surface area contributed by atoms with Crippen LogP contribution in [0.3, 0.4) is 0 Å². The van der Waals surface area contributed by atoms with Gasteiger partial charge < -0.3 is 43.0 Å². The molecule has 6 fully saturated rings. The molecule has 90 heavy (non-hydrogen) atoms. The molecule has 496 valence electrons. The van der Waals surface area contributed by atoms with E-state index in [4.69, 9.17) is 18.6 Å². The standard InChI is InChI=1S/2C20H26F2N4O3.C12H21F2N.C10H10N2O3.CH3F/c2*1-12-2-3-16(13-4-6-20(21,22)7-5-13)26(11-12)19(29)18(28)25-15-8-14(17(23)27)9-24-10-15;1-9-2-3-11(15-8-9)10-4-6-12(13,14)7-5-10;1-6(13)9(14)3-7-2-8(10(11)15)5-12-4-7;1-2/h2*8-10,12-13,16H,2-7,11H2,1H3,(H2,23,27)(H,25,28);9-11,15H,2-8H2,1H3;2,4-5H,3H2,1H3,(H2,11,15);1H3/t2*12-,16+;;;/m11.../s1/i;;;;1D. The highest BCUT2D eigenvalue weighted by Crippen LogP contribution is 2.43. The van der Waals surface area contributed by atoms with E-state index in [0.29, 0.717) is 82.0 Å². The van der Waals surface area contributed by atoms with Crippen LogP contribution in [0.5, 0.6) is 0 Å². The summed E-state index contributed by atoms with van der Waals surface area (Å²) in [5.41, 5.74) is 16.8. The monoisotopic (exact) mass is 1270 g/mol. The van der Waals surface area contributed by atoms with Crippen molar-refractivity contribution in [1.29, 1.82) is 0 Å². The average molecular weight is 1280 g/mol. The molecule has 3 aliphatic carbocycles. The molecule has 0 spiro atoms. The molecule has 9 rings (SSSR count). The smallest absolute Gasteiger partial charge is 0.313 e. The predicted octanol–water partition coefficient (Wildman–Crippen LogP) is 8.81. The molecule has 2 unspecified atom stereocenters. The largest absolute Gasteiger partial charge is 0.366 e. The average Bonchev–Trinajstić information content (AvgIpc) is 1.18. The van der Waals surface area contributed by atoms with E-state index >= 15 is 0 Å². The van der Waals surface area contributed by atoms with E-state index in [1.165, 1.54) is 75.1 Å². The van der Waals surface area contributed by atoms with Gasteiger partial charge in [0.2, 0.25) is 41.3 Å². The molecule has 3 aliphatic heterocycles. The number of ketones is 2. The minimum absolute atomic E-state index is 0.0290. The Bertz CT molecular complexity index is 2850. The molecule has 9 N–H and O–H groups in total. The summed E-state index contributed by atoms with van der Waals surface area (Å²) < 4.78 is 95.6. The summed E-state index contributed by atoms with van der Waals surface area (Å²) in [6.07, 6.45) is 15.8. The fourth-order valence-corrected chi connectivity index (χ4v) is 12.5. The maximum Gasteiger partial charge on any atom is 0.313 e. The first-order chi connectivity index (χ1) is 42.8. The summed E-state index contributed by atoms with van der Waals surface area (Å²) in [4.78, 5) is 121. The third kappa shape index (κ3) is 22.5. The van der Waals surface area contributed by atoms with Crippen LogP contribution in [0.2, 0.25) is 0 Å². The molecule has 20 nitrogen and oxygen atoms in total. The number of piperidine rings is 3. The second-order valence-electron chi connectivity index (χ2n) is 24.9. The highest BCUT2D eigenvalue weighted by atomic mass is 19.3. The van der Waals surface area contributed by atoms with Crippen LogP contribution >= 0.6 is 0 Å². The fourth-order valence-electron chi connectivity index (χ4n) is 12.5. The number of amides is 7. The third-order valence-electron chi connectivity index (χ3n) is 17.7. The molecule has 3 aromatic heterocycles. The van der Waals surface area contributed by atoms with Crippen LogP contribution in [0, 0.1) is 35.5 Å². The Labute approximate surface area is 521 Å². The number of hydrogen-bond acceptors (Lipinski definition) is 13. The van der Waals surface area contributed by atoms with Crippen molar-refractivity contribution in [2.24, 2.45) is 52.7 Å². The minimum atomic E-state index is -2.64. The van der Waals surface area contributed by atoms with Gasteiger partial charge in [0.15, 0.2) is 5.78 Å². The summed E-state index contributed by atoms with van der Waals surface area (Å²) in [6.45, 7) is 9.36. The zero-order chi connectivity index (χ0) is 67.4. The fraction of sp³-hybridized carbons (Fsp3) is 0.619. The van der Waals surface area contributed by atoms with Gasteiger partial charge in [-0.3, -0.25) is 62.5 Å². The van der Waals surface area contributed by atoms with Gasteiger partial charge in [-0.05, 0) is 143 Å². The van der Waals surface area contributed by atoms with Gasteiger partial charge in [-0.15, -0.1) is 0 Å². The molecule has 0 radical (unpaired) electrons. The van der Waals surface area contributed by atoms with Crippen molar-refractivity contribution in [3.8, 4) is 0 Å². The SMILES string of the molecule is CC(=O)C(=O)Cc1cncc(C(N)=O)c1.CC1CCC(C2CCC(F)(F)CC2)NC1.C[C@@H]1CC[C@@H](C2CCC(F)(F)CC2)N(C(=O)C(=O)Nc2cncc(C(N)=O)c2)C1.C[C@@H]1CC[C@@H](C2CCC(F)(F)CC2)N(C(=O)C(=O)Nc2cncc(C(N)=O)c2)C1.[2H]CF. The van der Waals surface area contributed by atoms with E-state index in [9.17, 15) is 73.9 Å². The third-order valence-corrected chi connectivity index (χ3v) is 17.7. The Balaban J connectivity index is 0.000000227. The maximum atomic E-state index is 13.5. The van der Waals surface area contributed by atoms with E-state index in [2.05, 4.69) is 37.8 Å². The van der Waals surface area contributed by atoms with Crippen molar-refractivity contribution in [1.82, 2.24) is 30.1 Å². The first-order valence-electron chi connectivity index (χ1n) is 31.2. The molecular formula is C63H86F7N11O9. The number of alkyl halides is 7. The summed E-state index contributed by atoms with van der Waals surface area (Å²) in [6, 6.07) is 4.24. The first kappa shape index (κ1) is 71.6. The first-order valence-corrected chi connectivity index (χ1v) is 30.5. The number of rotatable bonds is 11. The van der Waals surface area contributed by atoms with Gasteiger partial charge in [-0.25, -0.2) is 26.3 Å². The van der Waals surface area contributed by atoms with Crippen LogP contribution in [0.15, 0.2) is 55.4 Å². The molecule has 3 saturated carbocycles.